The molecule has 0 bridgehead atoms. The number of nitrogens with zero attached hydrogens (tertiary/aromatic N) is 1. The van der Waals surface area contributed by atoms with E-state index in [-0.39, 0.29) is 47.3 Å². The number of methoxy groups -OCH3 is 2. The summed E-state index contributed by atoms with van der Waals surface area (Å²) in [7, 11) is 2.80. The van der Waals surface area contributed by atoms with E-state index in [2.05, 4.69) is 5.32 Å². The van der Waals surface area contributed by atoms with Gasteiger partial charge < -0.3 is 34.1 Å². The van der Waals surface area contributed by atoms with Gasteiger partial charge in [-0.3, -0.25) is 14.9 Å². The molecule has 11 nitrogen and oxygen atoms in total. The topological polar surface area (TPSA) is 139 Å². The zero-order valence-corrected chi connectivity index (χ0v) is 21.6. The minimum absolute atomic E-state index is 0.0300. The Morgan fingerprint density at radius 2 is 1.72 bits per heavy atom. The number of aromatic hydroxyl groups is 1. The molecule has 202 valence electrons. The van der Waals surface area contributed by atoms with Gasteiger partial charge in [0.1, 0.15) is 0 Å². The van der Waals surface area contributed by atoms with Crippen molar-refractivity contribution in [1.82, 2.24) is 0 Å². The van der Waals surface area contributed by atoms with E-state index in [1.807, 2.05) is 12.1 Å². The monoisotopic (exact) mass is 554 g/mol. The van der Waals surface area contributed by atoms with Crippen molar-refractivity contribution in [3.8, 4) is 28.7 Å². The van der Waals surface area contributed by atoms with Crippen molar-refractivity contribution in [3.05, 3.63) is 74.3 Å². The number of non-ortho nitro benzene ring substituents is 1. The molecule has 2 N–H and O–H groups in total. The Hall–Kier alpha value is -4.38. The molecule has 0 aromatic heterocycles. The van der Waals surface area contributed by atoms with E-state index in [0.29, 0.717) is 22.7 Å². The SMILES string of the molecule is COc1cc([C@@H]2c3cc4c(cc3[C@@H](Nc3ccc([N+](=O)[O-])cc3)[C@H]3COC(=O)[C@H]23)OCO4)c(Cl)c(OC)c1O. The number of cyclic esters (lactones) is 1. The third-order valence-corrected chi connectivity index (χ3v) is 7.92. The highest BCUT2D eigenvalue weighted by molar-refractivity contribution is 6.33. The molecule has 0 radical (unpaired) electrons. The van der Waals surface area contributed by atoms with Gasteiger partial charge in [0.2, 0.25) is 12.5 Å². The molecule has 2 aliphatic heterocycles. The quantitative estimate of drug-likeness (QED) is 0.248. The number of nitro benzene ring substituents is 1. The summed E-state index contributed by atoms with van der Waals surface area (Å²) >= 11 is 6.79. The van der Waals surface area contributed by atoms with Crippen LogP contribution < -0.4 is 24.3 Å². The highest BCUT2D eigenvalue weighted by Gasteiger charge is 2.53. The van der Waals surface area contributed by atoms with E-state index in [1.165, 1.54) is 26.4 Å². The van der Waals surface area contributed by atoms with Crippen LogP contribution in [0.5, 0.6) is 28.7 Å². The Balaban J connectivity index is 1.54. The van der Waals surface area contributed by atoms with Gasteiger partial charge in [0.15, 0.2) is 23.0 Å². The van der Waals surface area contributed by atoms with Gasteiger partial charge in [-0.25, -0.2) is 0 Å². The van der Waals surface area contributed by atoms with Crippen molar-refractivity contribution in [3.63, 3.8) is 0 Å². The Labute approximate surface area is 227 Å². The number of phenols is 1. The van der Waals surface area contributed by atoms with Crippen LogP contribution in [0.2, 0.25) is 5.02 Å². The molecule has 0 unspecified atom stereocenters. The first kappa shape index (κ1) is 24.9. The largest absolute Gasteiger partial charge is 0.502 e. The molecule has 1 fully saturated rings. The number of carbonyl (C=O) groups excluding carboxylic acids is 1. The van der Waals surface area contributed by atoms with Crippen LogP contribution >= 0.6 is 11.6 Å². The van der Waals surface area contributed by atoms with Crippen LogP contribution in [0.4, 0.5) is 11.4 Å². The number of nitrogens with one attached hydrogen (secondary N) is 1. The lowest BCUT2D eigenvalue weighted by molar-refractivity contribution is -0.384. The molecule has 0 spiro atoms. The van der Waals surface area contributed by atoms with Crippen LogP contribution in [-0.2, 0) is 9.53 Å². The fourth-order valence-corrected chi connectivity index (χ4v) is 6.11. The zero-order valence-electron chi connectivity index (χ0n) is 20.8. The highest BCUT2D eigenvalue weighted by atomic mass is 35.5. The first-order valence-corrected chi connectivity index (χ1v) is 12.4. The fourth-order valence-electron chi connectivity index (χ4n) is 5.77. The third kappa shape index (κ3) is 3.92. The van der Waals surface area contributed by atoms with E-state index in [1.54, 1.807) is 18.2 Å². The molecular formula is C27H23ClN2O9. The summed E-state index contributed by atoms with van der Waals surface area (Å²) in [4.78, 5) is 24.0. The number of esters is 1. The van der Waals surface area contributed by atoms with E-state index in [0.717, 1.165) is 11.1 Å². The average molecular weight is 555 g/mol. The molecule has 12 heteroatoms. The lowest BCUT2D eigenvalue weighted by Gasteiger charge is -2.40. The Morgan fingerprint density at radius 3 is 2.36 bits per heavy atom. The van der Waals surface area contributed by atoms with Crippen molar-refractivity contribution >= 4 is 28.9 Å². The summed E-state index contributed by atoms with van der Waals surface area (Å²) in [6.45, 7) is 0.197. The van der Waals surface area contributed by atoms with E-state index < -0.39 is 28.8 Å². The molecule has 0 saturated carbocycles. The summed E-state index contributed by atoms with van der Waals surface area (Å²) in [5, 5.41) is 25.3. The Bertz CT molecular complexity index is 1490. The van der Waals surface area contributed by atoms with Gasteiger partial charge >= 0.3 is 5.97 Å². The number of carbonyl (C=O) groups is 1. The lowest BCUT2D eigenvalue weighted by atomic mass is 9.65. The zero-order chi connectivity index (χ0) is 27.4. The number of hydrogen-bond acceptors (Lipinski definition) is 10. The third-order valence-electron chi connectivity index (χ3n) is 7.53. The van der Waals surface area contributed by atoms with Gasteiger partial charge in [-0.05, 0) is 47.0 Å². The number of nitro groups is 1. The average Bonchev–Trinajstić information content (AvgIpc) is 3.55. The second kappa shape index (κ2) is 9.42. The molecule has 2 heterocycles. The number of fused-ring (bicyclic) bond motifs is 3. The van der Waals surface area contributed by atoms with Gasteiger partial charge in [-0.1, -0.05) is 11.6 Å². The van der Waals surface area contributed by atoms with Crippen molar-refractivity contribution in [2.45, 2.75) is 12.0 Å². The summed E-state index contributed by atoms with van der Waals surface area (Å²) in [5.74, 6) is -1.00. The van der Waals surface area contributed by atoms with Gasteiger partial charge in [-0.15, -0.1) is 0 Å². The molecule has 4 atom stereocenters. The maximum Gasteiger partial charge on any atom is 0.310 e. The van der Waals surface area contributed by atoms with Gasteiger partial charge in [-0.2, -0.15) is 0 Å². The van der Waals surface area contributed by atoms with Crippen LogP contribution in [0, 0.1) is 22.0 Å². The fraction of sp³-hybridized carbons (Fsp3) is 0.296. The van der Waals surface area contributed by atoms with E-state index in [4.69, 9.17) is 35.3 Å². The Kier molecular flexibility index (Phi) is 6.02. The van der Waals surface area contributed by atoms with Crippen molar-refractivity contribution < 1.29 is 38.5 Å². The lowest BCUT2D eigenvalue weighted by Crippen LogP contribution is -2.37. The van der Waals surface area contributed by atoms with Crippen LogP contribution in [-0.4, -0.2) is 43.6 Å². The predicted molar refractivity (Wildman–Crippen MR) is 138 cm³/mol. The predicted octanol–water partition coefficient (Wildman–Crippen LogP) is 4.79. The number of ether oxygens (including phenoxy) is 5. The van der Waals surface area contributed by atoms with E-state index >= 15 is 0 Å². The summed E-state index contributed by atoms with van der Waals surface area (Å²) in [5.41, 5.74) is 2.69. The first-order valence-electron chi connectivity index (χ1n) is 12.1. The second-order valence-corrected chi connectivity index (χ2v) is 9.80. The van der Waals surface area contributed by atoms with Crippen LogP contribution in [0.15, 0.2) is 42.5 Å². The van der Waals surface area contributed by atoms with Gasteiger partial charge in [0.05, 0.1) is 42.7 Å². The molecule has 1 saturated heterocycles. The minimum atomic E-state index is -0.662. The normalized spacial score (nSPS) is 22.5. The van der Waals surface area contributed by atoms with Gasteiger partial charge in [0, 0.05) is 29.7 Å². The maximum atomic E-state index is 13.3. The number of rotatable bonds is 6. The van der Waals surface area contributed by atoms with Crippen LogP contribution in [0.1, 0.15) is 28.7 Å². The molecule has 3 aliphatic rings. The first-order chi connectivity index (χ1) is 18.8. The van der Waals surface area contributed by atoms with Crippen LogP contribution in [0.3, 0.4) is 0 Å². The molecule has 0 amide bonds. The molecule has 1 aliphatic carbocycles. The van der Waals surface area contributed by atoms with Crippen molar-refractivity contribution in [2.75, 3.05) is 32.9 Å². The summed E-state index contributed by atoms with van der Waals surface area (Å²) in [6.07, 6.45) is 0. The highest BCUT2D eigenvalue weighted by Crippen LogP contribution is 2.58. The number of phenolic OH excluding ortho intramolecular Hbond substituents is 1. The van der Waals surface area contributed by atoms with Gasteiger partial charge in [0.25, 0.3) is 5.69 Å². The smallest absolute Gasteiger partial charge is 0.310 e. The second-order valence-electron chi connectivity index (χ2n) is 9.42. The number of hydrogen-bond donors (Lipinski definition) is 2. The summed E-state index contributed by atoms with van der Waals surface area (Å²) < 4.78 is 27.7. The molecule has 3 aromatic carbocycles. The molecule has 39 heavy (non-hydrogen) atoms. The standard InChI is InChI=1S/C27H23ClN2O9/c1-35-20-9-16(23(28)26(36-2)25(20)31)21-14-7-18-19(39-11-38-18)8-15(14)24(17-10-37-27(32)22(17)21)29-12-3-5-13(6-4-12)30(33)34/h3-9,17,21-22,24,29,31H,10-11H2,1-2H3/t17-,21-,22-,24+/m0/s1. The minimum Gasteiger partial charge on any atom is -0.502 e. The molecular weight excluding hydrogens is 532 g/mol. The van der Waals surface area contributed by atoms with Crippen molar-refractivity contribution in [2.24, 2.45) is 11.8 Å². The number of benzene rings is 3. The van der Waals surface area contributed by atoms with E-state index in [9.17, 15) is 20.0 Å². The molecule has 6 rings (SSSR count). The number of halogens is 1. The summed E-state index contributed by atoms with van der Waals surface area (Å²) in [6, 6.07) is 11.0. The maximum absolute atomic E-state index is 13.3. The van der Waals surface area contributed by atoms with Crippen molar-refractivity contribution in [1.29, 1.82) is 0 Å². The van der Waals surface area contributed by atoms with Crippen LogP contribution in [0.25, 0.3) is 0 Å². The number of anilines is 1. The Morgan fingerprint density at radius 1 is 1.03 bits per heavy atom. The molecule has 3 aromatic rings.